The lowest BCUT2D eigenvalue weighted by molar-refractivity contribution is 0.0696. The maximum absolute atomic E-state index is 11.6. The number of carboxylic acids is 1. The van der Waals surface area contributed by atoms with Crippen LogP contribution in [0.4, 0.5) is 0 Å². The van der Waals surface area contributed by atoms with Gasteiger partial charge in [0.1, 0.15) is 12.4 Å². The van der Waals surface area contributed by atoms with E-state index >= 15 is 0 Å². The summed E-state index contributed by atoms with van der Waals surface area (Å²) in [6.45, 7) is 10.2. The number of aryl methyl sites for hydroxylation is 1. The summed E-state index contributed by atoms with van der Waals surface area (Å²) in [6, 6.07) is 21.7. The van der Waals surface area contributed by atoms with Crippen molar-refractivity contribution in [3.05, 3.63) is 89.6 Å². The summed E-state index contributed by atoms with van der Waals surface area (Å²) >= 11 is 0. The van der Waals surface area contributed by atoms with Gasteiger partial charge in [0.05, 0.1) is 5.56 Å². The molecule has 4 nitrogen and oxygen atoms in total. The van der Waals surface area contributed by atoms with Gasteiger partial charge in [0.25, 0.3) is 0 Å². The molecule has 3 aromatic carbocycles. The average Bonchev–Trinajstić information content (AvgIpc) is 3.20. The van der Waals surface area contributed by atoms with Gasteiger partial charge in [-0.15, -0.1) is 0 Å². The van der Waals surface area contributed by atoms with Crippen LogP contribution in [0.3, 0.4) is 0 Å². The molecule has 0 spiro atoms. The Morgan fingerprint density at radius 3 is 2.44 bits per heavy atom. The highest BCUT2D eigenvalue weighted by Crippen LogP contribution is 2.33. The molecule has 0 saturated carbocycles. The number of fused-ring (bicyclic) bond motifs is 1. The predicted molar refractivity (Wildman–Crippen MR) is 139 cm³/mol. The van der Waals surface area contributed by atoms with Crippen LogP contribution in [0.15, 0.2) is 72.9 Å². The highest BCUT2D eigenvalue weighted by atomic mass is 16.5. The second-order valence-corrected chi connectivity index (χ2v) is 10.1. The standard InChI is InChI=1S/C30H33NO3/c1-5-9-26-25-16-17-31(20-30(2,3)4)27(25)14-15-28(26)34-19-23-18-22(29(32)33)12-13-24(23)21-10-7-6-8-11-21/h6-8,10-18H,5,9,19-20H2,1-4H3,(H,32,33). The van der Waals surface area contributed by atoms with E-state index in [1.165, 1.54) is 16.5 Å². The molecule has 4 rings (SSSR count). The van der Waals surface area contributed by atoms with Crippen LogP contribution in [-0.4, -0.2) is 15.6 Å². The number of aromatic carboxylic acids is 1. The topological polar surface area (TPSA) is 51.5 Å². The van der Waals surface area contributed by atoms with Crippen LogP contribution in [0, 0.1) is 5.41 Å². The summed E-state index contributed by atoms with van der Waals surface area (Å²) in [5, 5.41) is 10.8. The fourth-order valence-electron chi connectivity index (χ4n) is 4.51. The number of rotatable bonds is 8. The fourth-order valence-corrected chi connectivity index (χ4v) is 4.51. The van der Waals surface area contributed by atoms with E-state index in [-0.39, 0.29) is 11.0 Å². The van der Waals surface area contributed by atoms with Crippen LogP contribution in [0.1, 0.15) is 55.6 Å². The smallest absolute Gasteiger partial charge is 0.335 e. The van der Waals surface area contributed by atoms with Crippen LogP contribution in [0.2, 0.25) is 0 Å². The van der Waals surface area contributed by atoms with Gasteiger partial charge in [0.2, 0.25) is 0 Å². The second kappa shape index (κ2) is 9.76. The van der Waals surface area contributed by atoms with Gasteiger partial charge in [-0.25, -0.2) is 4.79 Å². The zero-order chi connectivity index (χ0) is 24.3. The molecule has 0 amide bonds. The first kappa shape index (κ1) is 23.6. The molecule has 0 atom stereocenters. The first-order valence-corrected chi connectivity index (χ1v) is 11.9. The number of hydrogen-bond donors (Lipinski definition) is 1. The van der Waals surface area contributed by atoms with E-state index < -0.39 is 5.97 Å². The van der Waals surface area contributed by atoms with Gasteiger partial charge in [0, 0.05) is 29.2 Å². The molecule has 1 heterocycles. The number of carboxylic acid groups (broad SMARTS) is 1. The molecule has 4 heteroatoms. The molecule has 1 aromatic heterocycles. The highest BCUT2D eigenvalue weighted by molar-refractivity contribution is 5.89. The van der Waals surface area contributed by atoms with Crippen molar-refractivity contribution < 1.29 is 14.6 Å². The van der Waals surface area contributed by atoms with E-state index in [4.69, 9.17) is 4.74 Å². The molecule has 34 heavy (non-hydrogen) atoms. The van der Waals surface area contributed by atoms with E-state index in [1.807, 2.05) is 36.4 Å². The van der Waals surface area contributed by atoms with E-state index in [0.717, 1.165) is 41.8 Å². The molecule has 176 valence electrons. The molecule has 0 fully saturated rings. The number of ether oxygens (including phenoxy) is 1. The second-order valence-electron chi connectivity index (χ2n) is 10.1. The lowest BCUT2D eigenvalue weighted by atomic mass is 9.96. The number of hydrogen-bond acceptors (Lipinski definition) is 2. The van der Waals surface area contributed by atoms with Crippen molar-refractivity contribution in [3.8, 4) is 16.9 Å². The Kier molecular flexibility index (Phi) is 6.78. The van der Waals surface area contributed by atoms with Crippen molar-refractivity contribution in [3.63, 3.8) is 0 Å². The van der Waals surface area contributed by atoms with Gasteiger partial charge in [0.15, 0.2) is 0 Å². The Morgan fingerprint density at radius 2 is 1.76 bits per heavy atom. The van der Waals surface area contributed by atoms with Crippen LogP contribution in [0.25, 0.3) is 22.0 Å². The van der Waals surface area contributed by atoms with E-state index in [0.29, 0.717) is 6.61 Å². The van der Waals surface area contributed by atoms with Crippen molar-refractivity contribution in [2.24, 2.45) is 5.41 Å². The van der Waals surface area contributed by atoms with E-state index in [2.05, 4.69) is 56.7 Å². The summed E-state index contributed by atoms with van der Waals surface area (Å²) in [5.74, 6) is -0.0725. The SMILES string of the molecule is CCCc1c(OCc2cc(C(=O)O)ccc2-c2ccccc2)ccc2c1ccn2CC(C)(C)C. The van der Waals surface area contributed by atoms with Gasteiger partial charge >= 0.3 is 5.97 Å². The number of nitrogens with zero attached hydrogens (tertiary/aromatic N) is 1. The fraction of sp³-hybridized carbons (Fsp3) is 0.300. The minimum Gasteiger partial charge on any atom is -0.489 e. The molecule has 0 unspecified atom stereocenters. The largest absolute Gasteiger partial charge is 0.489 e. The monoisotopic (exact) mass is 455 g/mol. The maximum Gasteiger partial charge on any atom is 0.335 e. The van der Waals surface area contributed by atoms with Crippen molar-refractivity contribution in [2.45, 2.75) is 53.7 Å². The first-order valence-electron chi connectivity index (χ1n) is 11.9. The number of benzene rings is 3. The van der Waals surface area contributed by atoms with E-state index in [1.54, 1.807) is 12.1 Å². The summed E-state index contributed by atoms with van der Waals surface area (Å²) in [5.41, 5.74) is 5.78. The number of aromatic nitrogens is 1. The molecule has 0 saturated heterocycles. The molecule has 4 aromatic rings. The Morgan fingerprint density at radius 1 is 1.00 bits per heavy atom. The Hall–Kier alpha value is -3.53. The highest BCUT2D eigenvalue weighted by Gasteiger charge is 2.17. The summed E-state index contributed by atoms with van der Waals surface area (Å²) in [4.78, 5) is 11.6. The van der Waals surface area contributed by atoms with E-state index in [9.17, 15) is 9.90 Å². The van der Waals surface area contributed by atoms with Gasteiger partial charge in [-0.1, -0.05) is 70.5 Å². The third-order valence-corrected chi connectivity index (χ3v) is 5.99. The third-order valence-electron chi connectivity index (χ3n) is 5.99. The quantitative estimate of drug-likeness (QED) is 0.298. The van der Waals surface area contributed by atoms with Crippen molar-refractivity contribution in [2.75, 3.05) is 0 Å². The third kappa shape index (κ3) is 5.17. The molecular weight excluding hydrogens is 422 g/mol. The normalized spacial score (nSPS) is 11.6. The van der Waals surface area contributed by atoms with Crippen LogP contribution >= 0.6 is 0 Å². The molecule has 0 aliphatic heterocycles. The summed E-state index contributed by atoms with van der Waals surface area (Å²) < 4.78 is 8.71. The molecule has 0 radical (unpaired) electrons. The molecule has 0 bridgehead atoms. The van der Waals surface area contributed by atoms with Gasteiger partial charge in [-0.2, -0.15) is 0 Å². The molecule has 0 aliphatic rings. The first-order chi connectivity index (χ1) is 16.3. The predicted octanol–water partition coefficient (Wildman–Crippen LogP) is 7.58. The van der Waals surface area contributed by atoms with Crippen LogP contribution in [-0.2, 0) is 19.6 Å². The van der Waals surface area contributed by atoms with Gasteiger partial charge in [-0.3, -0.25) is 0 Å². The lowest BCUT2D eigenvalue weighted by Gasteiger charge is -2.20. The zero-order valence-corrected chi connectivity index (χ0v) is 20.5. The maximum atomic E-state index is 11.6. The van der Waals surface area contributed by atoms with Gasteiger partial charge in [-0.05, 0) is 58.9 Å². The Bertz CT molecular complexity index is 1300. The minimum absolute atomic E-state index is 0.190. The molecule has 0 aliphatic carbocycles. The average molecular weight is 456 g/mol. The van der Waals surface area contributed by atoms with Crippen molar-refractivity contribution >= 4 is 16.9 Å². The Balaban J connectivity index is 1.70. The molecular formula is C30H33NO3. The summed E-state index contributed by atoms with van der Waals surface area (Å²) in [7, 11) is 0. The minimum atomic E-state index is -0.936. The molecule has 1 N–H and O–H groups in total. The number of carbonyl (C=O) groups is 1. The lowest BCUT2D eigenvalue weighted by Crippen LogP contribution is -2.14. The van der Waals surface area contributed by atoms with Gasteiger partial charge < -0.3 is 14.4 Å². The van der Waals surface area contributed by atoms with Crippen LogP contribution in [0.5, 0.6) is 5.75 Å². The van der Waals surface area contributed by atoms with Crippen molar-refractivity contribution in [1.82, 2.24) is 4.57 Å². The van der Waals surface area contributed by atoms with Crippen LogP contribution < -0.4 is 4.74 Å². The van der Waals surface area contributed by atoms with Crippen molar-refractivity contribution in [1.29, 1.82) is 0 Å². The summed E-state index contributed by atoms with van der Waals surface area (Å²) in [6.07, 6.45) is 4.11. The Labute approximate surface area is 201 Å². The zero-order valence-electron chi connectivity index (χ0n) is 20.5.